The van der Waals surface area contributed by atoms with Crippen molar-refractivity contribution >= 4 is 23.6 Å². The summed E-state index contributed by atoms with van der Waals surface area (Å²) in [5, 5.41) is 11.2. The van der Waals surface area contributed by atoms with Gasteiger partial charge in [0.15, 0.2) is 11.9 Å². The highest BCUT2D eigenvalue weighted by atomic mass is 16.7. The lowest BCUT2D eigenvalue weighted by molar-refractivity contribution is -0.183. The molecule has 4 heterocycles. The van der Waals surface area contributed by atoms with E-state index in [1.54, 1.807) is 0 Å². The van der Waals surface area contributed by atoms with Crippen LogP contribution in [0.1, 0.15) is 68.2 Å². The maximum Gasteiger partial charge on any atom is 0.494 e. The van der Waals surface area contributed by atoms with Crippen molar-refractivity contribution in [1.29, 1.82) is 0 Å². The van der Waals surface area contributed by atoms with E-state index >= 15 is 0 Å². The van der Waals surface area contributed by atoms with Gasteiger partial charge in [0.05, 0.1) is 42.1 Å². The van der Waals surface area contributed by atoms with E-state index in [1.807, 2.05) is 65.1 Å². The fourth-order valence-electron chi connectivity index (χ4n) is 5.66. The fourth-order valence-corrected chi connectivity index (χ4v) is 5.66. The molecular formula is C31H38BNO8. The van der Waals surface area contributed by atoms with Crippen LogP contribution in [0.4, 0.5) is 0 Å². The minimum absolute atomic E-state index is 0.224. The molecular weight excluding hydrogens is 525 g/mol. The summed E-state index contributed by atoms with van der Waals surface area (Å²) in [7, 11) is 1.54. The van der Waals surface area contributed by atoms with Gasteiger partial charge in [-0.3, -0.25) is 0 Å². The Morgan fingerprint density at radius 3 is 2.39 bits per heavy atom. The van der Waals surface area contributed by atoms with E-state index in [4.69, 9.17) is 27.9 Å². The first-order valence-electron chi connectivity index (χ1n) is 14.3. The quantitative estimate of drug-likeness (QED) is 0.356. The van der Waals surface area contributed by atoms with Gasteiger partial charge >= 0.3 is 12.7 Å². The van der Waals surface area contributed by atoms with Gasteiger partial charge in [0.25, 0.3) is 0 Å². The molecule has 1 N–H and O–H groups in total. The zero-order chi connectivity index (χ0) is 28.9. The highest BCUT2D eigenvalue weighted by Crippen LogP contribution is 2.42. The number of aliphatic hydroxyl groups is 1. The summed E-state index contributed by atoms with van der Waals surface area (Å²) in [6.07, 6.45) is 0.705. The Morgan fingerprint density at radius 1 is 1.05 bits per heavy atom. The molecule has 3 aliphatic rings. The largest absolute Gasteiger partial charge is 0.494 e. The van der Waals surface area contributed by atoms with Crippen molar-refractivity contribution in [3.05, 3.63) is 68.6 Å². The van der Waals surface area contributed by atoms with Crippen LogP contribution in [0.2, 0.25) is 0 Å². The summed E-state index contributed by atoms with van der Waals surface area (Å²) >= 11 is 0. The summed E-state index contributed by atoms with van der Waals surface area (Å²) in [5.41, 5.74) is 3.75. The normalized spacial score (nSPS) is 20.9. The molecule has 41 heavy (non-hydrogen) atoms. The second kappa shape index (κ2) is 10.8. The van der Waals surface area contributed by atoms with Gasteiger partial charge in [0, 0.05) is 24.0 Å². The number of nitrogens with zero attached hydrogens (tertiary/aromatic N) is 1. The van der Waals surface area contributed by atoms with Crippen molar-refractivity contribution in [2.24, 2.45) is 0 Å². The second-order valence-electron chi connectivity index (χ2n) is 12.2. The molecule has 0 amide bonds. The lowest BCUT2D eigenvalue weighted by Crippen LogP contribution is -2.41. The van der Waals surface area contributed by atoms with Crippen molar-refractivity contribution in [1.82, 2.24) is 4.90 Å². The standard InChI is InChI=1S/C31H38BNO8/c1-30(2)31(3,4)41-32(40-30)21-9-7-19(8-10-21)18-38-26-20(17-34)15-23-22-11-12-33(5)16-24(22)28(35)39-27(23)25(26)29-36-13-6-14-37-29/h7-10,15,29,34H,6,11-14,16-18H2,1-5H3. The average Bonchev–Trinajstić information content (AvgIpc) is 3.18. The molecule has 0 aliphatic carbocycles. The highest BCUT2D eigenvalue weighted by molar-refractivity contribution is 6.62. The molecule has 2 saturated heterocycles. The average molecular weight is 563 g/mol. The number of hydrogen-bond acceptors (Lipinski definition) is 9. The molecule has 3 aromatic rings. The summed E-state index contributed by atoms with van der Waals surface area (Å²) in [5.74, 6) is 0.415. The molecule has 10 heteroatoms. The predicted molar refractivity (Wildman–Crippen MR) is 154 cm³/mol. The zero-order valence-corrected chi connectivity index (χ0v) is 24.5. The van der Waals surface area contributed by atoms with Crippen LogP contribution in [0.5, 0.6) is 5.75 Å². The third-order valence-electron chi connectivity index (χ3n) is 8.77. The number of benzene rings is 2. The number of aliphatic hydroxyl groups excluding tert-OH is 1. The molecule has 9 nitrogen and oxygen atoms in total. The first-order valence-corrected chi connectivity index (χ1v) is 14.3. The van der Waals surface area contributed by atoms with E-state index in [2.05, 4.69) is 4.90 Å². The van der Waals surface area contributed by atoms with Gasteiger partial charge in [-0.15, -0.1) is 0 Å². The molecule has 0 bridgehead atoms. The molecule has 0 unspecified atom stereocenters. The number of fused-ring (bicyclic) bond motifs is 3. The van der Waals surface area contributed by atoms with Crippen LogP contribution in [0.3, 0.4) is 0 Å². The molecule has 0 spiro atoms. The van der Waals surface area contributed by atoms with Gasteiger partial charge in [0.2, 0.25) is 0 Å². The Balaban J connectivity index is 1.34. The van der Waals surface area contributed by atoms with Crippen molar-refractivity contribution < 1.29 is 33.0 Å². The Bertz CT molecular complexity index is 1480. The van der Waals surface area contributed by atoms with Crippen LogP contribution in [0, 0.1) is 0 Å². The molecule has 0 radical (unpaired) electrons. The van der Waals surface area contributed by atoms with E-state index in [0.717, 1.165) is 34.9 Å². The zero-order valence-electron chi connectivity index (χ0n) is 24.5. The van der Waals surface area contributed by atoms with Crippen LogP contribution >= 0.6 is 0 Å². The van der Waals surface area contributed by atoms with Crippen molar-refractivity contribution in [3.8, 4) is 5.75 Å². The SMILES string of the molecule is CN1CCc2c(c(=O)oc3c(C4OCCCO4)c(OCc4ccc(B5OC(C)(C)C(C)(C)O5)cc4)c(CO)cc23)C1. The van der Waals surface area contributed by atoms with Crippen LogP contribution < -0.4 is 15.8 Å². The Morgan fingerprint density at radius 2 is 1.73 bits per heavy atom. The lowest BCUT2D eigenvalue weighted by atomic mass is 9.79. The Hall–Kier alpha value is -2.73. The van der Waals surface area contributed by atoms with Gasteiger partial charge in [0.1, 0.15) is 12.4 Å². The molecule has 0 atom stereocenters. The summed E-state index contributed by atoms with van der Waals surface area (Å²) in [6, 6.07) is 9.78. The molecule has 2 fully saturated rings. The number of rotatable bonds is 6. The first-order chi connectivity index (χ1) is 19.6. The van der Waals surface area contributed by atoms with Crippen LogP contribution in [-0.4, -0.2) is 55.1 Å². The maximum atomic E-state index is 13.1. The number of hydrogen-bond donors (Lipinski definition) is 1. The third kappa shape index (κ3) is 5.22. The van der Waals surface area contributed by atoms with E-state index < -0.39 is 24.6 Å². The van der Waals surface area contributed by atoms with Crippen molar-refractivity contribution in [2.75, 3.05) is 26.8 Å². The van der Waals surface area contributed by atoms with Gasteiger partial charge in [-0.25, -0.2) is 4.79 Å². The van der Waals surface area contributed by atoms with E-state index in [-0.39, 0.29) is 18.8 Å². The first kappa shape index (κ1) is 28.4. The van der Waals surface area contributed by atoms with E-state index in [9.17, 15) is 9.90 Å². The molecule has 3 aliphatic heterocycles. The molecule has 6 rings (SSSR count). The number of likely N-dealkylation sites (N-methyl/N-ethyl adjacent to an activating group) is 1. The summed E-state index contributed by atoms with van der Waals surface area (Å²) < 4.78 is 36.7. The van der Waals surface area contributed by atoms with Crippen molar-refractivity contribution in [2.45, 2.75) is 77.8 Å². The van der Waals surface area contributed by atoms with Crippen LogP contribution in [-0.2, 0) is 45.0 Å². The Kier molecular flexibility index (Phi) is 7.51. The van der Waals surface area contributed by atoms with Crippen molar-refractivity contribution in [3.63, 3.8) is 0 Å². The van der Waals surface area contributed by atoms with Gasteiger partial charge in [-0.05, 0) is 70.2 Å². The molecule has 0 saturated carbocycles. The maximum absolute atomic E-state index is 13.1. The Labute approximate surface area is 240 Å². The lowest BCUT2D eigenvalue weighted by Gasteiger charge is -2.32. The van der Waals surface area contributed by atoms with E-state index in [1.165, 1.54) is 0 Å². The predicted octanol–water partition coefficient (Wildman–Crippen LogP) is 3.59. The van der Waals surface area contributed by atoms with Gasteiger partial charge < -0.3 is 37.9 Å². The third-order valence-corrected chi connectivity index (χ3v) is 8.77. The fraction of sp³-hybridized carbons (Fsp3) is 0.516. The molecule has 1 aromatic heterocycles. The topological polar surface area (TPSA) is 99.8 Å². The van der Waals surface area contributed by atoms with Crippen LogP contribution in [0.15, 0.2) is 39.5 Å². The second-order valence-corrected chi connectivity index (χ2v) is 12.2. The summed E-state index contributed by atoms with van der Waals surface area (Å²) in [4.78, 5) is 15.2. The molecule has 218 valence electrons. The monoisotopic (exact) mass is 563 g/mol. The van der Waals surface area contributed by atoms with Gasteiger partial charge in [-0.1, -0.05) is 24.3 Å². The smallest absolute Gasteiger partial charge is 0.488 e. The minimum Gasteiger partial charge on any atom is -0.488 e. The summed E-state index contributed by atoms with van der Waals surface area (Å²) in [6.45, 7) is 10.5. The van der Waals surface area contributed by atoms with Gasteiger partial charge in [-0.2, -0.15) is 0 Å². The number of ether oxygens (including phenoxy) is 3. The highest BCUT2D eigenvalue weighted by Gasteiger charge is 2.51. The molecule has 2 aromatic carbocycles. The van der Waals surface area contributed by atoms with Crippen LogP contribution in [0.25, 0.3) is 11.0 Å². The minimum atomic E-state index is -0.772. The van der Waals surface area contributed by atoms with E-state index in [0.29, 0.717) is 54.2 Å².